The van der Waals surface area contributed by atoms with Crippen molar-refractivity contribution in [3.05, 3.63) is 29.8 Å². The summed E-state index contributed by atoms with van der Waals surface area (Å²) in [6.45, 7) is 4.49. The minimum Gasteiger partial charge on any atom is -0.497 e. The van der Waals surface area contributed by atoms with Gasteiger partial charge in [-0.05, 0) is 49.3 Å². The molecule has 18 heavy (non-hydrogen) atoms. The number of benzene rings is 1. The summed E-state index contributed by atoms with van der Waals surface area (Å²) in [7, 11) is 1.69. The highest BCUT2D eigenvalue weighted by Gasteiger charge is 2.08. The zero-order chi connectivity index (χ0) is 13.4. The standard InChI is InChI=1S/C15H26N2O/c1-12(2)4-8-14(17-16)9-5-13-6-10-15(18-3)11-7-13/h6-7,10-12,14,17H,4-5,8-9,16H2,1-3H3. The lowest BCUT2D eigenvalue weighted by atomic mass is 9.98. The maximum Gasteiger partial charge on any atom is 0.118 e. The molecule has 0 heterocycles. The fourth-order valence-corrected chi connectivity index (χ4v) is 1.98. The Morgan fingerprint density at radius 3 is 2.28 bits per heavy atom. The average Bonchev–Trinajstić information content (AvgIpc) is 2.39. The van der Waals surface area contributed by atoms with Crippen LogP contribution in [0.3, 0.4) is 0 Å². The van der Waals surface area contributed by atoms with Gasteiger partial charge in [0.2, 0.25) is 0 Å². The van der Waals surface area contributed by atoms with Crippen LogP contribution in [0.15, 0.2) is 24.3 Å². The zero-order valence-corrected chi connectivity index (χ0v) is 11.8. The molecule has 3 heteroatoms. The van der Waals surface area contributed by atoms with E-state index in [0.717, 1.165) is 30.9 Å². The molecule has 0 aliphatic rings. The third-order valence-corrected chi connectivity index (χ3v) is 3.27. The summed E-state index contributed by atoms with van der Waals surface area (Å²) in [6, 6.07) is 8.67. The Balaban J connectivity index is 2.36. The van der Waals surface area contributed by atoms with Crippen LogP contribution < -0.4 is 16.0 Å². The molecule has 3 N–H and O–H groups in total. The number of nitrogens with one attached hydrogen (secondary N) is 1. The Morgan fingerprint density at radius 1 is 1.11 bits per heavy atom. The highest BCUT2D eigenvalue weighted by molar-refractivity contribution is 5.27. The molecule has 0 amide bonds. The van der Waals surface area contributed by atoms with E-state index in [1.54, 1.807) is 7.11 Å². The van der Waals surface area contributed by atoms with Crippen molar-refractivity contribution in [2.75, 3.05) is 7.11 Å². The fourth-order valence-electron chi connectivity index (χ4n) is 1.98. The second-order valence-corrected chi connectivity index (χ2v) is 5.22. The van der Waals surface area contributed by atoms with Crippen LogP contribution in [0.2, 0.25) is 0 Å². The van der Waals surface area contributed by atoms with E-state index in [4.69, 9.17) is 10.6 Å². The zero-order valence-electron chi connectivity index (χ0n) is 11.8. The Bertz CT molecular complexity index is 322. The molecule has 1 atom stereocenters. The van der Waals surface area contributed by atoms with E-state index in [0.29, 0.717) is 6.04 Å². The van der Waals surface area contributed by atoms with Gasteiger partial charge in [0.1, 0.15) is 5.75 Å². The second-order valence-electron chi connectivity index (χ2n) is 5.22. The summed E-state index contributed by atoms with van der Waals surface area (Å²) in [5.41, 5.74) is 4.26. The van der Waals surface area contributed by atoms with Crippen molar-refractivity contribution < 1.29 is 4.74 Å². The van der Waals surface area contributed by atoms with E-state index >= 15 is 0 Å². The van der Waals surface area contributed by atoms with E-state index in [-0.39, 0.29) is 0 Å². The summed E-state index contributed by atoms with van der Waals surface area (Å²) in [5, 5.41) is 0. The Kier molecular flexibility index (Phi) is 6.76. The number of ether oxygens (including phenoxy) is 1. The van der Waals surface area contributed by atoms with Crippen molar-refractivity contribution in [1.82, 2.24) is 5.43 Å². The molecule has 0 aliphatic heterocycles. The van der Waals surface area contributed by atoms with E-state index < -0.39 is 0 Å². The monoisotopic (exact) mass is 250 g/mol. The highest BCUT2D eigenvalue weighted by atomic mass is 16.5. The minimum atomic E-state index is 0.412. The van der Waals surface area contributed by atoms with Gasteiger partial charge in [0.15, 0.2) is 0 Å². The number of hydrogen-bond donors (Lipinski definition) is 2. The quantitative estimate of drug-likeness (QED) is 0.551. The smallest absolute Gasteiger partial charge is 0.118 e. The average molecular weight is 250 g/mol. The van der Waals surface area contributed by atoms with E-state index in [9.17, 15) is 0 Å². The molecule has 102 valence electrons. The molecule has 0 aromatic heterocycles. The molecular weight excluding hydrogens is 224 g/mol. The summed E-state index contributed by atoms with van der Waals surface area (Å²) >= 11 is 0. The Morgan fingerprint density at radius 2 is 1.78 bits per heavy atom. The first kappa shape index (κ1) is 15.0. The van der Waals surface area contributed by atoms with Crippen molar-refractivity contribution in [3.8, 4) is 5.75 Å². The van der Waals surface area contributed by atoms with Gasteiger partial charge in [-0.25, -0.2) is 0 Å². The molecule has 1 unspecified atom stereocenters. The fraction of sp³-hybridized carbons (Fsp3) is 0.600. The van der Waals surface area contributed by atoms with Crippen LogP contribution in [0.25, 0.3) is 0 Å². The Hall–Kier alpha value is -1.06. The van der Waals surface area contributed by atoms with E-state index in [2.05, 4.69) is 31.4 Å². The first-order chi connectivity index (χ1) is 8.65. The molecule has 0 spiro atoms. The van der Waals surface area contributed by atoms with Gasteiger partial charge in [-0.3, -0.25) is 11.3 Å². The lowest BCUT2D eigenvalue weighted by molar-refractivity contribution is 0.412. The van der Waals surface area contributed by atoms with Crippen LogP contribution in [0.1, 0.15) is 38.7 Å². The normalized spacial score (nSPS) is 12.7. The molecule has 3 nitrogen and oxygen atoms in total. The van der Waals surface area contributed by atoms with Crippen LogP contribution in [0.5, 0.6) is 5.75 Å². The van der Waals surface area contributed by atoms with Gasteiger partial charge in [0.25, 0.3) is 0 Å². The predicted octanol–water partition coefficient (Wildman–Crippen LogP) is 2.90. The lowest BCUT2D eigenvalue weighted by Gasteiger charge is -2.17. The lowest BCUT2D eigenvalue weighted by Crippen LogP contribution is -2.35. The molecule has 1 aromatic rings. The van der Waals surface area contributed by atoms with Gasteiger partial charge < -0.3 is 4.74 Å². The predicted molar refractivity (Wildman–Crippen MR) is 76.5 cm³/mol. The third-order valence-electron chi connectivity index (χ3n) is 3.27. The summed E-state index contributed by atoms with van der Waals surface area (Å²) in [5.74, 6) is 7.25. The summed E-state index contributed by atoms with van der Waals surface area (Å²) in [6.07, 6.45) is 4.49. The number of aryl methyl sites for hydroxylation is 1. The van der Waals surface area contributed by atoms with Gasteiger partial charge in [0.05, 0.1) is 7.11 Å². The van der Waals surface area contributed by atoms with Gasteiger partial charge in [0, 0.05) is 6.04 Å². The third kappa shape index (κ3) is 5.52. The molecule has 1 rings (SSSR count). The van der Waals surface area contributed by atoms with Crippen molar-refractivity contribution >= 4 is 0 Å². The van der Waals surface area contributed by atoms with Crippen LogP contribution in [-0.2, 0) is 6.42 Å². The van der Waals surface area contributed by atoms with Gasteiger partial charge in [-0.2, -0.15) is 0 Å². The molecular formula is C15H26N2O. The van der Waals surface area contributed by atoms with Gasteiger partial charge in [-0.1, -0.05) is 26.0 Å². The topological polar surface area (TPSA) is 47.3 Å². The molecule has 0 saturated carbocycles. The molecule has 1 aromatic carbocycles. The summed E-state index contributed by atoms with van der Waals surface area (Å²) < 4.78 is 5.15. The van der Waals surface area contributed by atoms with Crippen molar-refractivity contribution in [3.63, 3.8) is 0 Å². The molecule has 0 bridgehead atoms. The maximum atomic E-state index is 5.60. The maximum absolute atomic E-state index is 5.60. The van der Waals surface area contributed by atoms with Gasteiger partial charge in [-0.15, -0.1) is 0 Å². The number of rotatable bonds is 8. The highest BCUT2D eigenvalue weighted by Crippen LogP contribution is 2.15. The number of nitrogens with two attached hydrogens (primary N) is 1. The van der Waals surface area contributed by atoms with Crippen LogP contribution in [0.4, 0.5) is 0 Å². The van der Waals surface area contributed by atoms with Crippen molar-refractivity contribution in [2.24, 2.45) is 11.8 Å². The molecule has 0 saturated heterocycles. The number of hydrogen-bond acceptors (Lipinski definition) is 3. The second kappa shape index (κ2) is 8.11. The van der Waals surface area contributed by atoms with E-state index in [1.807, 2.05) is 12.1 Å². The van der Waals surface area contributed by atoms with E-state index in [1.165, 1.54) is 12.0 Å². The minimum absolute atomic E-state index is 0.412. The molecule has 0 radical (unpaired) electrons. The van der Waals surface area contributed by atoms with Crippen LogP contribution >= 0.6 is 0 Å². The van der Waals surface area contributed by atoms with Crippen LogP contribution in [0, 0.1) is 5.92 Å². The number of methoxy groups -OCH3 is 1. The Labute approximate surface area is 111 Å². The van der Waals surface area contributed by atoms with Crippen molar-refractivity contribution in [2.45, 2.75) is 45.6 Å². The SMILES string of the molecule is COc1ccc(CCC(CCC(C)C)NN)cc1. The first-order valence-electron chi connectivity index (χ1n) is 6.74. The number of hydrazine groups is 1. The first-order valence-corrected chi connectivity index (χ1v) is 6.74. The van der Waals surface area contributed by atoms with Crippen LogP contribution in [-0.4, -0.2) is 13.2 Å². The largest absolute Gasteiger partial charge is 0.497 e. The molecule has 0 aliphatic carbocycles. The van der Waals surface area contributed by atoms with Crippen molar-refractivity contribution in [1.29, 1.82) is 0 Å². The van der Waals surface area contributed by atoms with Gasteiger partial charge >= 0.3 is 0 Å². The summed E-state index contributed by atoms with van der Waals surface area (Å²) in [4.78, 5) is 0. The molecule has 0 fully saturated rings.